The van der Waals surface area contributed by atoms with Gasteiger partial charge in [0.15, 0.2) is 23.3 Å². The van der Waals surface area contributed by atoms with Crippen LogP contribution in [0.3, 0.4) is 0 Å². The second kappa shape index (κ2) is 13.5. The van der Waals surface area contributed by atoms with Gasteiger partial charge < -0.3 is 16.1 Å². The van der Waals surface area contributed by atoms with Crippen molar-refractivity contribution in [1.29, 1.82) is 0 Å². The van der Waals surface area contributed by atoms with Crippen molar-refractivity contribution in [3.8, 4) is 45.6 Å². The SMILES string of the molecule is N.O=S(=O)(O)c1c(S(=O)(=O)O)c(S(=O)(=O)O)c2c3nc4nc(nc5[nH]c(nc6nc(nc([nH]3)c2c1S(=O)(=O)O)-c1ccccc1-6)c1ccccc51)-c1ccccc1-4.[Cu]. The van der Waals surface area contributed by atoms with Gasteiger partial charge in [0.25, 0.3) is 40.5 Å². The maximum atomic E-state index is 13.2. The molecule has 0 spiro atoms. The molecule has 0 saturated heterocycles. The van der Waals surface area contributed by atoms with E-state index in [2.05, 4.69) is 29.9 Å². The minimum Gasteiger partial charge on any atom is -0.344 e. The van der Waals surface area contributed by atoms with Crippen LogP contribution in [0.1, 0.15) is 0 Å². The van der Waals surface area contributed by atoms with Gasteiger partial charge in [-0.25, -0.2) is 29.9 Å². The summed E-state index contributed by atoms with van der Waals surface area (Å²) >= 11 is 0. The average Bonchev–Trinajstić information content (AvgIpc) is 3.84. The van der Waals surface area contributed by atoms with E-state index in [1.165, 1.54) is 12.1 Å². The van der Waals surface area contributed by atoms with E-state index in [0.29, 0.717) is 33.2 Å². The fourth-order valence-corrected chi connectivity index (χ4v) is 11.7. The first kappa shape index (κ1) is 40.6. The Balaban J connectivity index is 0.00000256. The molecule has 0 atom stereocenters. The zero-order chi connectivity index (χ0) is 39.7. The molecule has 4 aromatic carbocycles. The van der Waals surface area contributed by atoms with E-state index in [0.717, 1.165) is 0 Å². The number of hydrogen-bond acceptors (Lipinski definition) is 15. The van der Waals surface area contributed by atoms with E-state index in [-0.39, 0.29) is 57.6 Å². The molecule has 1 radical (unpaired) electrons. The van der Waals surface area contributed by atoms with Crippen LogP contribution >= 0.6 is 0 Å². The first-order valence-corrected chi connectivity index (χ1v) is 21.3. The van der Waals surface area contributed by atoms with E-state index in [1.807, 2.05) is 0 Å². The largest absolute Gasteiger partial charge is 0.344 e. The van der Waals surface area contributed by atoms with Crippen molar-refractivity contribution in [2.75, 3.05) is 0 Å². The Morgan fingerprint density at radius 3 is 0.931 bits per heavy atom. The third kappa shape index (κ3) is 6.32. The van der Waals surface area contributed by atoms with Gasteiger partial charge in [-0.05, 0) is 0 Å². The summed E-state index contributed by atoms with van der Waals surface area (Å²) in [6.07, 6.45) is 0. The summed E-state index contributed by atoms with van der Waals surface area (Å²) in [6.45, 7) is 0. The van der Waals surface area contributed by atoms with Gasteiger partial charge in [0.2, 0.25) is 0 Å². The third-order valence-corrected chi connectivity index (χ3v) is 12.9. The van der Waals surface area contributed by atoms with Crippen LogP contribution < -0.4 is 6.15 Å². The fraction of sp³-hybridized carbons (Fsp3) is 0. The van der Waals surface area contributed by atoms with Crippen LogP contribution in [0.4, 0.5) is 0 Å². The average molecular weight is 915 g/mol. The minimum atomic E-state index is -6.24. The van der Waals surface area contributed by atoms with Gasteiger partial charge in [0, 0.05) is 50.1 Å². The van der Waals surface area contributed by atoms with Gasteiger partial charge >= 0.3 is 0 Å². The van der Waals surface area contributed by atoms with Gasteiger partial charge in [0.05, 0.1) is 10.8 Å². The van der Waals surface area contributed by atoms with Gasteiger partial charge in [-0.1, -0.05) is 72.8 Å². The summed E-state index contributed by atoms with van der Waals surface area (Å²) < 4.78 is 146. The molecule has 301 valence electrons. The molecule has 0 fully saturated rings. The van der Waals surface area contributed by atoms with Crippen LogP contribution in [-0.2, 0) is 57.5 Å². The second-order valence-corrected chi connectivity index (χ2v) is 17.6. The molecule has 0 amide bonds. The molecule has 9 rings (SSSR count). The Morgan fingerprint density at radius 1 is 0.379 bits per heavy atom. The van der Waals surface area contributed by atoms with Gasteiger partial charge in [-0.3, -0.25) is 18.2 Å². The van der Waals surface area contributed by atoms with Crippen molar-refractivity contribution >= 4 is 84.6 Å². The van der Waals surface area contributed by atoms with Crippen molar-refractivity contribution in [2.24, 2.45) is 0 Å². The maximum absolute atomic E-state index is 13.2. The smallest absolute Gasteiger partial charge is 0.297 e. The predicted octanol–water partition coefficient (Wildman–Crippen LogP) is 4.02. The van der Waals surface area contributed by atoms with Crippen molar-refractivity contribution < 1.29 is 69.0 Å². The number of aromatic nitrogens is 8. The van der Waals surface area contributed by atoms with E-state index in [9.17, 15) is 51.9 Å². The fourth-order valence-electron chi connectivity index (χ4n) is 6.75. The predicted molar refractivity (Wildman–Crippen MR) is 200 cm³/mol. The zero-order valence-corrected chi connectivity index (χ0v) is 32.5. The van der Waals surface area contributed by atoms with Crippen LogP contribution in [0.5, 0.6) is 0 Å². The standard InChI is InChI=1S/C32H18N8O12S4.Cu.H3N/c41-53(42,43)21-19-20(22(54(44,45)46)24(56(50,51)52)23(21)55(47,48)49)32-39-30-18-12-6-4-10-16(18)28(37-30)35-26-14-8-2-1-7-13(14)25(33-26)34-27-15-9-3-5-11-17(15)29(36-27)38-31(19)40-32;;/h1-12H,(H,41,42,43)(H,44,45,46)(H,47,48,49)(H,50,51,52)(H2,33,34,35,36,37,38,39,40);;1H3. The topological polar surface area (TPSA) is 361 Å². The molecule has 21 nitrogen and oxygen atoms in total. The van der Waals surface area contributed by atoms with Crippen molar-refractivity contribution in [3.05, 3.63) is 72.8 Å². The van der Waals surface area contributed by atoms with Gasteiger partial charge in [-0.2, -0.15) is 33.7 Å². The molecular weight excluding hydrogens is 894 g/mol. The van der Waals surface area contributed by atoms with Gasteiger partial charge in [0.1, 0.15) is 42.2 Å². The molecular formula is C32H21CuN9O12S4. The molecule has 0 aliphatic carbocycles. The van der Waals surface area contributed by atoms with Crippen molar-refractivity contribution in [1.82, 2.24) is 46.0 Å². The number of fused-ring (bicyclic) bond motifs is 20. The quantitative estimate of drug-likeness (QED) is 0.0968. The molecule has 9 N–H and O–H groups in total. The molecule has 5 heterocycles. The number of hydrogen-bond donors (Lipinski definition) is 7. The van der Waals surface area contributed by atoms with E-state index < -0.39 is 82.1 Å². The minimum absolute atomic E-state index is 0. The number of nitrogens with zero attached hydrogens (tertiary/aromatic N) is 6. The molecule has 26 heteroatoms. The Kier molecular flexibility index (Phi) is 9.41. The molecule has 7 aromatic rings. The summed E-state index contributed by atoms with van der Waals surface area (Å²) in [7, 11) is -24.6. The first-order valence-electron chi connectivity index (χ1n) is 15.5. The number of benzene rings is 4. The summed E-state index contributed by atoms with van der Waals surface area (Å²) in [6, 6.07) is 19.9. The molecule has 2 aliphatic heterocycles. The number of nitrogens with one attached hydrogen (secondary N) is 2. The van der Waals surface area contributed by atoms with Crippen molar-refractivity contribution in [3.63, 3.8) is 0 Å². The van der Waals surface area contributed by atoms with Crippen molar-refractivity contribution in [2.45, 2.75) is 19.6 Å². The monoisotopic (exact) mass is 914 g/mol. The van der Waals surface area contributed by atoms with Crippen LogP contribution in [-0.4, -0.2) is 91.8 Å². The Morgan fingerprint density at radius 2 is 0.638 bits per heavy atom. The molecule has 0 unspecified atom stereocenters. The van der Waals surface area contributed by atoms with Gasteiger partial charge in [-0.15, -0.1) is 0 Å². The number of rotatable bonds is 4. The van der Waals surface area contributed by atoms with E-state index in [1.54, 1.807) is 60.7 Å². The van der Waals surface area contributed by atoms with Crippen LogP contribution in [0.15, 0.2) is 92.4 Å². The molecule has 58 heavy (non-hydrogen) atoms. The molecule has 3 aromatic heterocycles. The Hall–Kier alpha value is -5.64. The summed E-state index contributed by atoms with van der Waals surface area (Å²) in [4.78, 5) is 24.5. The van der Waals surface area contributed by atoms with E-state index >= 15 is 0 Å². The molecule has 8 bridgehead atoms. The summed E-state index contributed by atoms with van der Waals surface area (Å²) in [5, 5.41) is -1.17. The number of H-pyrrole nitrogens is 2. The van der Waals surface area contributed by atoms with Crippen LogP contribution in [0, 0.1) is 0 Å². The molecule has 2 aliphatic rings. The van der Waals surface area contributed by atoms with Crippen LogP contribution in [0.25, 0.3) is 89.7 Å². The third-order valence-electron chi connectivity index (χ3n) is 8.85. The summed E-state index contributed by atoms with van der Waals surface area (Å²) in [5.74, 6) is -0.428. The Bertz CT molecular complexity index is 3390. The van der Waals surface area contributed by atoms with E-state index in [4.69, 9.17) is 9.97 Å². The number of aromatic amines is 2. The zero-order valence-electron chi connectivity index (χ0n) is 28.3. The maximum Gasteiger partial charge on any atom is 0.297 e. The van der Waals surface area contributed by atoms with Crippen LogP contribution in [0.2, 0.25) is 0 Å². The first-order chi connectivity index (χ1) is 26.3. The summed E-state index contributed by atoms with van der Waals surface area (Å²) in [5.41, 5.74) is 0.187. The normalized spacial score (nSPS) is 12.8. The second-order valence-electron chi connectivity index (χ2n) is 12.2. The Labute approximate surface area is 335 Å². The molecule has 0 saturated carbocycles.